The van der Waals surface area contributed by atoms with Crippen LogP contribution in [0, 0.1) is 11.9 Å². The molecule has 15 heavy (non-hydrogen) atoms. The minimum Gasteiger partial charge on any atom is -0.508 e. The number of hydrogen-bond donors (Lipinski definition) is 2. The molecule has 0 aromatic heterocycles. The topological polar surface area (TPSA) is 40.5 Å². The van der Waals surface area contributed by atoms with Gasteiger partial charge in [-0.05, 0) is 35.9 Å². The fraction of sp³-hybridized carbons (Fsp3) is 0. The summed E-state index contributed by atoms with van der Waals surface area (Å²) in [5.74, 6) is -0.451. The highest BCUT2D eigenvalue weighted by atomic mass is 19.1. The number of phenolic OH excluding ortho intramolecular Hbond substituents is 2. The third-order valence-corrected chi connectivity index (χ3v) is 2.05. The van der Waals surface area contributed by atoms with Gasteiger partial charge in [0.15, 0.2) is 0 Å². The maximum absolute atomic E-state index is 12.6. The van der Waals surface area contributed by atoms with E-state index in [0.717, 1.165) is 0 Å². The molecule has 2 aromatic rings. The fourth-order valence-electron chi connectivity index (χ4n) is 1.32. The molecule has 0 aliphatic heterocycles. The van der Waals surface area contributed by atoms with Crippen molar-refractivity contribution >= 4 is 0 Å². The molecular weight excluding hydrogens is 195 g/mol. The van der Waals surface area contributed by atoms with E-state index in [1.165, 1.54) is 30.3 Å². The molecule has 0 saturated heterocycles. The Morgan fingerprint density at radius 1 is 1.07 bits per heavy atom. The highest BCUT2D eigenvalue weighted by Gasteiger charge is 2.05. The van der Waals surface area contributed by atoms with Crippen molar-refractivity contribution in [2.75, 3.05) is 0 Å². The third kappa shape index (κ3) is 1.91. The second-order valence-electron chi connectivity index (χ2n) is 3.12. The molecule has 0 spiro atoms. The van der Waals surface area contributed by atoms with E-state index in [1.807, 2.05) is 0 Å². The zero-order valence-electron chi connectivity index (χ0n) is 7.74. The lowest BCUT2D eigenvalue weighted by Gasteiger charge is -2.04. The first-order chi connectivity index (χ1) is 7.16. The number of benzene rings is 2. The largest absolute Gasteiger partial charge is 0.508 e. The van der Waals surface area contributed by atoms with E-state index < -0.39 is 0 Å². The number of phenols is 2. The normalized spacial score (nSPS) is 10.2. The summed E-state index contributed by atoms with van der Waals surface area (Å²) >= 11 is 0. The van der Waals surface area contributed by atoms with Crippen LogP contribution in [0.1, 0.15) is 0 Å². The van der Waals surface area contributed by atoms with Crippen LogP contribution in [0.15, 0.2) is 36.4 Å². The molecule has 0 bridgehead atoms. The lowest BCUT2D eigenvalue weighted by Crippen LogP contribution is -1.80. The number of hydrogen-bond acceptors (Lipinski definition) is 2. The van der Waals surface area contributed by atoms with E-state index in [0.29, 0.717) is 11.1 Å². The van der Waals surface area contributed by atoms with E-state index >= 15 is 0 Å². The SMILES string of the molecule is Oc1ccc(-c2[c]cc(F)cc2)c(O)c1. The zero-order valence-corrected chi connectivity index (χ0v) is 7.74. The molecular formula is C12H8FO2. The lowest BCUT2D eigenvalue weighted by molar-refractivity contribution is 0.452. The molecule has 2 N–H and O–H groups in total. The second-order valence-corrected chi connectivity index (χ2v) is 3.12. The van der Waals surface area contributed by atoms with Crippen molar-refractivity contribution in [3.05, 3.63) is 48.3 Å². The maximum Gasteiger partial charge on any atom is 0.127 e. The molecule has 0 unspecified atom stereocenters. The van der Waals surface area contributed by atoms with Crippen molar-refractivity contribution in [3.8, 4) is 22.6 Å². The summed E-state index contributed by atoms with van der Waals surface area (Å²) < 4.78 is 12.6. The Labute approximate surface area is 86.2 Å². The zero-order chi connectivity index (χ0) is 10.8. The van der Waals surface area contributed by atoms with Crippen LogP contribution in [0.2, 0.25) is 0 Å². The van der Waals surface area contributed by atoms with Gasteiger partial charge in [0.25, 0.3) is 0 Å². The maximum atomic E-state index is 12.6. The minimum atomic E-state index is -0.378. The van der Waals surface area contributed by atoms with Crippen molar-refractivity contribution in [2.24, 2.45) is 0 Å². The summed E-state index contributed by atoms with van der Waals surface area (Å²) in [7, 11) is 0. The van der Waals surface area contributed by atoms with Crippen molar-refractivity contribution in [3.63, 3.8) is 0 Å². The Morgan fingerprint density at radius 2 is 1.87 bits per heavy atom. The van der Waals surface area contributed by atoms with E-state index in [2.05, 4.69) is 6.07 Å². The van der Waals surface area contributed by atoms with Gasteiger partial charge in [0.05, 0.1) is 0 Å². The van der Waals surface area contributed by atoms with Crippen molar-refractivity contribution in [1.29, 1.82) is 0 Å². The Hall–Kier alpha value is -2.03. The molecule has 2 aromatic carbocycles. The van der Waals surface area contributed by atoms with Crippen molar-refractivity contribution in [2.45, 2.75) is 0 Å². The highest BCUT2D eigenvalue weighted by molar-refractivity contribution is 5.70. The van der Waals surface area contributed by atoms with Crippen LogP contribution in [-0.2, 0) is 0 Å². The van der Waals surface area contributed by atoms with Gasteiger partial charge < -0.3 is 10.2 Å². The van der Waals surface area contributed by atoms with Crippen LogP contribution in [0.3, 0.4) is 0 Å². The predicted octanol–water partition coefficient (Wildman–Crippen LogP) is 2.70. The Morgan fingerprint density at radius 3 is 2.47 bits per heavy atom. The third-order valence-electron chi connectivity index (χ3n) is 2.05. The average molecular weight is 203 g/mol. The first kappa shape index (κ1) is 9.52. The van der Waals surface area contributed by atoms with Gasteiger partial charge in [-0.25, -0.2) is 4.39 Å². The molecule has 0 aliphatic carbocycles. The first-order valence-electron chi connectivity index (χ1n) is 4.36. The minimum absolute atomic E-state index is 0.0154. The molecule has 0 saturated carbocycles. The molecule has 0 aliphatic rings. The summed E-state index contributed by atoms with van der Waals surface area (Å²) in [6.07, 6.45) is 0. The summed E-state index contributed by atoms with van der Waals surface area (Å²) in [5, 5.41) is 18.6. The Kier molecular flexibility index (Phi) is 2.29. The quantitative estimate of drug-likeness (QED) is 0.748. The molecule has 0 fully saturated rings. The second kappa shape index (κ2) is 3.61. The average Bonchev–Trinajstić information content (AvgIpc) is 2.20. The summed E-state index contributed by atoms with van der Waals surface area (Å²) in [6, 6.07) is 10.9. The molecule has 0 atom stereocenters. The predicted molar refractivity (Wildman–Crippen MR) is 54.0 cm³/mol. The molecule has 3 heteroatoms. The summed E-state index contributed by atoms with van der Waals surface area (Å²) in [6.45, 7) is 0. The number of rotatable bonds is 1. The molecule has 0 heterocycles. The highest BCUT2D eigenvalue weighted by Crippen LogP contribution is 2.31. The van der Waals surface area contributed by atoms with Gasteiger partial charge in [0, 0.05) is 11.6 Å². The van der Waals surface area contributed by atoms with Gasteiger partial charge >= 0.3 is 0 Å². The Balaban J connectivity index is 2.49. The number of halogens is 1. The number of aromatic hydroxyl groups is 2. The molecule has 75 valence electrons. The van der Waals surface area contributed by atoms with Crippen LogP contribution in [0.4, 0.5) is 4.39 Å². The fourth-order valence-corrected chi connectivity index (χ4v) is 1.32. The summed E-state index contributed by atoms with van der Waals surface area (Å²) in [5.41, 5.74) is 1.08. The first-order valence-corrected chi connectivity index (χ1v) is 4.36. The molecule has 0 amide bonds. The summed E-state index contributed by atoms with van der Waals surface area (Å²) in [4.78, 5) is 0. The molecule has 1 radical (unpaired) electrons. The van der Waals surface area contributed by atoms with E-state index in [9.17, 15) is 9.50 Å². The molecule has 2 nitrogen and oxygen atoms in total. The van der Waals surface area contributed by atoms with Crippen LogP contribution >= 0.6 is 0 Å². The van der Waals surface area contributed by atoms with E-state index in [-0.39, 0.29) is 17.3 Å². The van der Waals surface area contributed by atoms with Gasteiger partial charge in [-0.15, -0.1) is 0 Å². The molecule has 2 rings (SSSR count). The van der Waals surface area contributed by atoms with Gasteiger partial charge in [-0.1, -0.05) is 6.07 Å². The van der Waals surface area contributed by atoms with E-state index in [1.54, 1.807) is 6.07 Å². The lowest BCUT2D eigenvalue weighted by atomic mass is 10.0. The van der Waals surface area contributed by atoms with Crippen LogP contribution < -0.4 is 0 Å². The van der Waals surface area contributed by atoms with Crippen molar-refractivity contribution in [1.82, 2.24) is 0 Å². The van der Waals surface area contributed by atoms with E-state index in [4.69, 9.17) is 5.11 Å². The van der Waals surface area contributed by atoms with Gasteiger partial charge in [-0.3, -0.25) is 0 Å². The van der Waals surface area contributed by atoms with Gasteiger partial charge in [-0.2, -0.15) is 0 Å². The van der Waals surface area contributed by atoms with Crippen LogP contribution in [0.25, 0.3) is 11.1 Å². The smallest absolute Gasteiger partial charge is 0.127 e. The Bertz CT molecular complexity index is 477. The van der Waals surface area contributed by atoms with Crippen LogP contribution in [0.5, 0.6) is 11.5 Å². The standard InChI is InChI=1S/C12H8FO2/c13-9-3-1-8(2-4-9)11-6-5-10(14)7-12(11)15/h1,3-7,14-15H. The van der Waals surface area contributed by atoms with Gasteiger partial charge in [0.2, 0.25) is 0 Å². The van der Waals surface area contributed by atoms with Crippen LogP contribution in [-0.4, -0.2) is 10.2 Å². The monoisotopic (exact) mass is 203 g/mol. The van der Waals surface area contributed by atoms with Crippen molar-refractivity contribution < 1.29 is 14.6 Å². The van der Waals surface area contributed by atoms with Gasteiger partial charge in [0.1, 0.15) is 17.3 Å².